The zero-order valence-electron chi connectivity index (χ0n) is 13.8. The summed E-state index contributed by atoms with van der Waals surface area (Å²) < 4.78 is 0. The van der Waals surface area contributed by atoms with E-state index in [0.29, 0.717) is 18.3 Å². The molecule has 6 atom stereocenters. The molecule has 1 saturated heterocycles. The van der Waals surface area contributed by atoms with Crippen molar-refractivity contribution in [2.24, 2.45) is 35.5 Å². The maximum atomic E-state index is 12.8. The van der Waals surface area contributed by atoms with E-state index in [1.807, 2.05) is 30.3 Å². The first-order valence-corrected chi connectivity index (χ1v) is 9.04. The minimum absolute atomic E-state index is 0.183. The van der Waals surface area contributed by atoms with Crippen LogP contribution in [0, 0.1) is 35.5 Å². The highest BCUT2D eigenvalue weighted by Crippen LogP contribution is 2.65. The first-order valence-electron chi connectivity index (χ1n) is 9.04. The summed E-state index contributed by atoms with van der Waals surface area (Å²) in [5.74, 6) is 0.269. The molecule has 5 nitrogen and oxygen atoms in total. The Hall–Kier alpha value is -2.43. The van der Waals surface area contributed by atoms with Gasteiger partial charge in [-0.25, -0.2) is 0 Å². The molecule has 2 saturated carbocycles. The van der Waals surface area contributed by atoms with Crippen molar-refractivity contribution in [3.63, 3.8) is 0 Å². The van der Waals surface area contributed by atoms with Crippen LogP contribution in [0.15, 0.2) is 42.5 Å². The Bertz CT molecular complexity index is 751. The molecule has 5 heteroatoms. The van der Waals surface area contributed by atoms with Crippen LogP contribution in [-0.2, 0) is 20.8 Å². The number of carbonyl (C=O) groups excluding carboxylic acids is 3. The van der Waals surface area contributed by atoms with Crippen molar-refractivity contribution in [1.29, 1.82) is 0 Å². The van der Waals surface area contributed by atoms with Crippen LogP contribution >= 0.6 is 0 Å². The fourth-order valence-electron chi connectivity index (χ4n) is 5.15. The van der Waals surface area contributed by atoms with Gasteiger partial charge in [-0.05, 0) is 42.1 Å². The van der Waals surface area contributed by atoms with Gasteiger partial charge in [-0.3, -0.25) is 19.8 Å². The van der Waals surface area contributed by atoms with Crippen molar-refractivity contribution >= 4 is 17.7 Å². The summed E-state index contributed by atoms with van der Waals surface area (Å²) in [6, 6.07) is 9.71. The quantitative estimate of drug-likeness (QED) is 0.672. The number of hydrogen-bond acceptors (Lipinski definition) is 3. The summed E-state index contributed by atoms with van der Waals surface area (Å²) in [5.41, 5.74) is 3.63. The first-order chi connectivity index (χ1) is 12.1. The lowest BCUT2D eigenvalue weighted by molar-refractivity contribution is -0.149. The molecule has 1 aromatic carbocycles. The lowest BCUT2D eigenvalue weighted by Gasteiger charge is -2.37. The predicted molar refractivity (Wildman–Crippen MR) is 89.5 cm³/mol. The molecule has 4 unspecified atom stereocenters. The second-order valence-corrected chi connectivity index (χ2v) is 7.69. The summed E-state index contributed by atoms with van der Waals surface area (Å²) in [6.07, 6.45) is 6.25. The van der Waals surface area contributed by atoms with Gasteiger partial charge in [0.25, 0.3) is 11.8 Å². The van der Waals surface area contributed by atoms with Crippen molar-refractivity contribution in [3.05, 3.63) is 48.0 Å². The van der Waals surface area contributed by atoms with Gasteiger partial charge in [0.1, 0.15) is 0 Å². The summed E-state index contributed by atoms with van der Waals surface area (Å²) in [4.78, 5) is 37.8. The fourth-order valence-corrected chi connectivity index (χ4v) is 5.15. The SMILES string of the molecule is O=C(CCc1ccccc1)NN1C(=O)[C@@H]2C3C=CC(C4CC43)[C@@H]2C1=O. The van der Waals surface area contributed by atoms with Gasteiger partial charge < -0.3 is 0 Å². The summed E-state index contributed by atoms with van der Waals surface area (Å²) in [5, 5.41) is 1.01. The normalized spacial score (nSPS) is 37.0. The lowest BCUT2D eigenvalue weighted by Crippen LogP contribution is -2.47. The summed E-state index contributed by atoms with van der Waals surface area (Å²) in [7, 11) is 0. The summed E-state index contributed by atoms with van der Waals surface area (Å²) in [6.45, 7) is 0. The highest BCUT2D eigenvalue weighted by molar-refractivity contribution is 6.07. The van der Waals surface area contributed by atoms with E-state index in [-0.39, 0.29) is 47.8 Å². The van der Waals surface area contributed by atoms with E-state index in [2.05, 4.69) is 17.6 Å². The average molecular weight is 336 g/mol. The predicted octanol–water partition coefficient (Wildman–Crippen LogP) is 1.70. The molecular formula is C20H20N2O3. The van der Waals surface area contributed by atoms with Crippen molar-refractivity contribution in [1.82, 2.24) is 10.4 Å². The molecule has 128 valence electrons. The Labute approximate surface area is 146 Å². The Kier molecular flexibility index (Phi) is 3.14. The van der Waals surface area contributed by atoms with Gasteiger partial charge in [-0.2, -0.15) is 5.01 Å². The number of rotatable bonds is 4. The highest BCUT2D eigenvalue weighted by atomic mass is 16.2. The number of hydrogen-bond donors (Lipinski definition) is 1. The fraction of sp³-hybridized carbons (Fsp3) is 0.450. The zero-order valence-corrected chi connectivity index (χ0v) is 13.8. The Morgan fingerprint density at radius 1 is 1.00 bits per heavy atom. The van der Waals surface area contributed by atoms with Gasteiger partial charge >= 0.3 is 0 Å². The van der Waals surface area contributed by atoms with Crippen LogP contribution in [0.5, 0.6) is 0 Å². The van der Waals surface area contributed by atoms with Gasteiger partial charge in [0, 0.05) is 6.42 Å². The third-order valence-electron chi connectivity index (χ3n) is 6.38. The van der Waals surface area contributed by atoms with E-state index in [0.717, 1.165) is 17.0 Å². The molecule has 3 amide bonds. The number of aryl methyl sites for hydroxylation is 1. The molecule has 6 rings (SSSR count). The molecule has 0 radical (unpaired) electrons. The monoisotopic (exact) mass is 336 g/mol. The second-order valence-electron chi connectivity index (χ2n) is 7.69. The zero-order chi connectivity index (χ0) is 17.1. The molecule has 5 aliphatic rings. The maximum Gasteiger partial charge on any atom is 0.252 e. The van der Waals surface area contributed by atoms with Gasteiger partial charge in [0.05, 0.1) is 11.8 Å². The van der Waals surface area contributed by atoms with Crippen molar-refractivity contribution in [3.8, 4) is 0 Å². The second kappa shape index (κ2) is 5.28. The number of benzene rings is 1. The van der Waals surface area contributed by atoms with Gasteiger partial charge in [0.15, 0.2) is 0 Å². The Morgan fingerprint density at radius 3 is 2.20 bits per heavy atom. The number of nitrogens with one attached hydrogen (secondary N) is 1. The standard InChI is InChI=1S/C20H20N2O3/c23-16(9-6-11-4-2-1-3-5-11)21-22-19(24)17-12-7-8-13(15-10-14(12)15)18(17)20(22)25/h1-5,7-8,12-15,17-18H,6,9-10H2,(H,21,23)/t12?,13?,14?,15?,17-,18+. The average Bonchev–Trinajstić information content (AvgIpc) is 3.42. The summed E-state index contributed by atoms with van der Waals surface area (Å²) >= 11 is 0. The van der Waals surface area contributed by atoms with Crippen LogP contribution in [0.3, 0.4) is 0 Å². The number of hydrazine groups is 1. The molecule has 0 aromatic heterocycles. The van der Waals surface area contributed by atoms with E-state index in [4.69, 9.17) is 0 Å². The van der Waals surface area contributed by atoms with Crippen LogP contribution in [0.4, 0.5) is 0 Å². The Balaban J connectivity index is 1.27. The third-order valence-corrected chi connectivity index (χ3v) is 6.38. The molecule has 2 bridgehead atoms. The number of nitrogens with zero attached hydrogens (tertiary/aromatic N) is 1. The molecular weight excluding hydrogens is 316 g/mol. The van der Waals surface area contributed by atoms with Crippen molar-refractivity contribution in [2.45, 2.75) is 19.3 Å². The molecule has 1 N–H and O–H groups in total. The van der Waals surface area contributed by atoms with Gasteiger partial charge in [-0.1, -0.05) is 42.5 Å². The largest absolute Gasteiger partial charge is 0.273 e. The van der Waals surface area contributed by atoms with Crippen LogP contribution in [-0.4, -0.2) is 22.7 Å². The van der Waals surface area contributed by atoms with Crippen LogP contribution < -0.4 is 5.43 Å². The topological polar surface area (TPSA) is 66.5 Å². The smallest absolute Gasteiger partial charge is 0.252 e. The first kappa shape index (κ1) is 14.9. The molecule has 3 fully saturated rings. The van der Waals surface area contributed by atoms with Crippen LogP contribution in [0.2, 0.25) is 0 Å². The van der Waals surface area contributed by atoms with E-state index in [1.165, 1.54) is 0 Å². The van der Waals surface area contributed by atoms with Crippen molar-refractivity contribution in [2.75, 3.05) is 0 Å². The number of amides is 3. The number of carbonyl (C=O) groups is 3. The lowest BCUT2D eigenvalue weighted by atomic mass is 9.63. The molecule has 1 aromatic rings. The van der Waals surface area contributed by atoms with Gasteiger partial charge in [-0.15, -0.1) is 0 Å². The van der Waals surface area contributed by atoms with Gasteiger partial charge in [0.2, 0.25) is 5.91 Å². The third kappa shape index (κ3) is 2.18. The van der Waals surface area contributed by atoms with E-state index < -0.39 is 0 Å². The van der Waals surface area contributed by atoms with Crippen molar-refractivity contribution < 1.29 is 14.4 Å². The molecule has 1 aliphatic heterocycles. The maximum absolute atomic E-state index is 12.8. The minimum Gasteiger partial charge on any atom is -0.273 e. The number of allylic oxidation sites excluding steroid dienone is 2. The van der Waals surface area contributed by atoms with E-state index >= 15 is 0 Å². The molecule has 4 aliphatic carbocycles. The van der Waals surface area contributed by atoms with E-state index in [9.17, 15) is 14.4 Å². The van der Waals surface area contributed by atoms with Crippen LogP contribution in [0.1, 0.15) is 18.4 Å². The van der Waals surface area contributed by atoms with E-state index in [1.54, 1.807) is 0 Å². The minimum atomic E-state index is -0.283. The highest BCUT2D eigenvalue weighted by Gasteiger charge is 2.67. The molecule has 0 spiro atoms. The Morgan fingerprint density at radius 2 is 1.60 bits per heavy atom. The molecule has 1 heterocycles. The molecule has 25 heavy (non-hydrogen) atoms. The number of imide groups is 1. The van der Waals surface area contributed by atoms with Crippen LogP contribution in [0.25, 0.3) is 0 Å².